The number of benzene rings is 2. The molecule has 1 atom stereocenters. The fourth-order valence-electron chi connectivity index (χ4n) is 1.79. The van der Waals surface area contributed by atoms with Crippen LogP contribution in [0.3, 0.4) is 0 Å². The Balaban J connectivity index is 2.41. The molecule has 2 N–H and O–H groups in total. The van der Waals surface area contributed by atoms with Crippen LogP contribution < -0.4 is 5.73 Å². The van der Waals surface area contributed by atoms with Gasteiger partial charge in [-0.3, -0.25) is 0 Å². The van der Waals surface area contributed by atoms with Crippen molar-refractivity contribution in [2.24, 2.45) is 5.73 Å². The van der Waals surface area contributed by atoms with Crippen LogP contribution in [0.2, 0.25) is 0 Å². The van der Waals surface area contributed by atoms with E-state index in [2.05, 4.69) is 0 Å². The van der Waals surface area contributed by atoms with Crippen LogP contribution in [-0.2, 0) is 10.8 Å². The van der Waals surface area contributed by atoms with Gasteiger partial charge in [0, 0.05) is 4.90 Å². The zero-order valence-electron chi connectivity index (χ0n) is 11.5. The van der Waals surface area contributed by atoms with E-state index < -0.39 is 10.8 Å². The minimum absolute atomic E-state index is 0.581. The summed E-state index contributed by atoms with van der Waals surface area (Å²) in [7, 11) is -1.24. The van der Waals surface area contributed by atoms with E-state index in [0.717, 1.165) is 16.0 Å². The van der Waals surface area contributed by atoms with E-state index in [0.29, 0.717) is 9.93 Å². The Kier molecular flexibility index (Phi) is 5.04. The van der Waals surface area contributed by atoms with Gasteiger partial charge in [-0.2, -0.15) is 0 Å². The minimum Gasteiger partial charge on any atom is -0.397 e. The summed E-state index contributed by atoms with van der Waals surface area (Å²) < 4.78 is 13.3. The van der Waals surface area contributed by atoms with Gasteiger partial charge in [0.15, 0.2) is 0 Å². The molecule has 2 nitrogen and oxygen atoms in total. The molecule has 0 heterocycles. The summed E-state index contributed by atoms with van der Waals surface area (Å²) in [5.41, 5.74) is 8.81. The molecule has 0 fully saturated rings. The van der Waals surface area contributed by atoms with Crippen molar-refractivity contribution < 1.29 is 4.21 Å². The minimum atomic E-state index is -1.24. The second kappa shape index (κ2) is 6.77. The van der Waals surface area contributed by atoms with Crippen LogP contribution in [0.4, 0.5) is 0 Å². The summed E-state index contributed by atoms with van der Waals surface area (Å²) in [5, 5.41) is 0. The Bertz CT molecular complexity index is 633. The maximum absolute atomic E-state index is 12.7. The molecule has 4 heteroatoms. The molecule has 20 heavy (non-hydrogen) atoms. The molecule has 0 spiro atoms. The Morgan fingerprint density at radius 2 is 1.65 bits per heavy atom. The molecule has 0 saturated heterocycles. The number of thioether (sulfide) groups is 1. The standard InChI is InChI=1S/C16H17NOS2/c1-12-8-10-14(11-9-12)20(18)16(19-2)15(17)13-6-4-3-5-7-13/h3-11H,17H2,1-2H3. The van der Waals surface area contributed by atoms with Crippen molar-refractivity contribution in [1.82, 2.24) is 0 Å². The molecule has 0 aromatic heterocycles. The Morgan fingerprint density at radius 1 is 1.05 bits per heavy atom. The van der Waals surface area contributed by atoms with Gasteiger partial charge in [0.05, 0.1) is 20.7 Å². The third kappa shape index (κ3) is 3.32. The zero-order valence-corrected chi connectivity index (χ0v) is 13.1. The summed E-state index contributed by atoms with van der Waals surface area (Å²) in [6.07, 6.45) is 1.90. The maximum atomic E-state index is 12.7. The Labute approximate surface area is 126 Å². The van der Waals surface area contributed by atoms with Gasteiger partial charge < -0.3 is 5.73 Å². The second-order valence-electron chi connectivity index (χ2n) is 4.35. The topological polar surface area (TPSA) is 43.1 Å². The summed E-state index contributed by atoms with van der Waals surface area (Å²) in [6.45, 7) is 2.01. The second-order valence-corrected chi connectivity index (χ2v) is 6.85. The summed E-state index contributed by atoms with van der Waals surface area (Å²) in [4.78, 5) is 0.777. The monoisotopic (exact) mass is 303 g/mol. The van der Waals surface area contributed by atoms with Crippen LogP contribution in [0.25, 0.3) is 5.70 Å². The third-order valence-corrected chi connectivity index (χ3v) is 5.70. The molecule has 0 aliphatic rings. The van der Waals surface area contributed by atoms with Crippen molar-refractivity contribution in [3.63, 3.8) is 0 Å². The van der Waals surface area contributed by atoms with Gasteiger partial charge in [-0.25, -0.2) is 4.21 Å². The fourth-order valence-corrected chi connectivity index (χ4v) is 3.94. The molecule has 104 valence electrons. The first-order valence-electron chi connectivity index (χ1n) is 6.21. The lowest BCUT2D eigenvalue weighted by molar-refractivity contribution is 0.688. The highest BCUT2D eigenvalue weighted by atomic mass is 32.2. The largest absolute Gasteiger partial charge is 0.397 e. The lowest BCUT2D eigenvalue weighted by atomic mass is 10.2. The normalized spacial score (nSPS) is 13.7. The predicted molar refractivity (Wildman–Crippen MR) is 88.7 cm³/mol. The highest BCUT2D eigenvalue weighted by Gasteiger charge is 2.14. The average molecular weight is 303 g/mol. The number of nitrogens with two attached hydrogens (primary N) is 1. The molecule has 0 aliphatic heterocycles. The molecule has 2 aromatic rings. The molecule has 1 unspecified atom stereocenters. The smallest absolute Gasteiger partial charge is 0.0998 e. The van der Waals surface area contributed by atoms with Gasteiger partial charge in [-0.1, -0.05) is 48.0 Å². The fraction of sp³-hybridized carbons (Fsp3) is 0.125. The Morgan fingerprint density at radius 3 is 2.20 bits per heavy atom. The van der Waals surface area contributed by atoms with Crippen LogP contribution in [-0.4, -0.2) is 10.5 Å². The van der Waals surface area contributed by atoms with E-state index in [4.69, 9.17) is 5.73 Å². The number of hydrogen-bond donors (Lipinski definition) is 1. The lowest BCUT2D eigenvalue weighted by Crippen LogP contribution is -2.04. The number of hydrogen-bond acceptors (Lipinski definition) is 3. The number of aryl methyl sites for hydroxylation is 1. The van der Waals surface area contributed by atoms with Crippen LogP contribution in [0, 0.1) is 6.92 Å². The predicted octanol–water partition coefficient (Wildman–Crippen LogP) is 3.75. The highest BCUT2D eigenvalue weighted by Crippen LogP contribution is 2.28. The van der Waals surface area contributed by atoms with Crippen LogP contribution >= 0.6 is 11.8 Å². The van der Waals surface area contributed by atoms with Crippen molar-refractivity contribution in [3.05, 3.63) is 70.0 Å². The van der Waals surface area contributed by atoms with Gasteiger partial charge >= 0.3 is 0 Å². The van der Waals surface area contributed by atoms with Gasteiger partial charge in [-0.15, -0.1) is 11.8 Å². The summed E-state index contributed by atoms with van der Waals surface area (Å²) in [5.74, 6) is 0. The van der Waals surface area contributed by atoms with Gasteiger partial charge in [0.1, 0.15) is 0 Å². The molecule has 0 bridgehead atoms. The van der Waals surface area contributed by atoms with Crippen molar-refractivity contribution in [3.8, 4) is 0 Å². The molecular weight excluding hydrogens is 286 g/mol. The third-order valence-electron chi connectivity index (χ3n) is 2.89. The summed E-state index contributed by atoms with van der Waals surface area (Å²) >= 11 is 1.43. The first-order chi connectivity index (χ1) is 9.63. The van der Waals surface area contributed by atoms with Crippen LogP contribution in [0.5, 0.6) is 0 Å². The van der Waals surface area contributed by atoms with E-state index >= 15 is 0 Å². The van der Waals surface area contributed by atoms with Crippen LogP contribution in [0.1, 0.15) is 11.1 Å². The van der Waals surface area contributed by atoms with Crippen molar-refractivity contribution in [2.45, 2.75) is 11.8 Å². The Hall–Kier alpha value is -1.52. The van der Waals surface area contributed by atoms with Crippen LogP contribution in [0.15, 0.2) is 63.7 Å². The first-order valence-corrected chi connectivity index (χ1v) is 8.58. The van der Waals surface area contributed by atoms with Crippen molar-refractivity contribution in [1.29, 1.82) is 0 Å². The van der Waals surface area contributed by atoms with Crippen molar-refractivity contribution in [2.75, 3.05) is 6.26 Å². The van der Waals surface area contributed by atoms with E-state index in [1.807, 2.05) is 67.8 Å². The molecule has 0 saturated carbocycles. The van der Waals surface area contributed by atoms with Gasteiger partial charge in [-0.05, 0) is 30.9 Å². The number of rotatable bonds is 4. The van der Waals surface area contributed by atoms with Gasteiger partial charge in [0.2, 0.25) is 0 Å². The summed E-state index contributed by atoms with van der Waals surface area (Å²) in [6, 6.07) is 17.3. The van der Waals surface area contributed by atoms with E-state index in [1.165, 1.54) is 11.8 Å². The molecule has 0 radical (unpaired) electrons. The molecule has 2 aromatic carbocycles. The average Bonchev–Trinajstić information content (AvgIpc) is 2.49. The maximum Gasteiger partial charge on any atom is 0.0998 e. The van der Waals surface area contributed by atoms with Gasteiger partial charge in [0.25, 0.3) is 0 Å². The van der Waals surface area contributed by atoms with E-state index in [-0.39, 0.29) is 0 Å². The van der Waals surface area contributed by atoms with E-state index in [9.17, 15) is 4.21 Å². The SMILES string of the molecule is CSC(=C(N)c1ccccc1)S(=O)c1ccc(C)cc1. The quantitative estimate of drug-likeness (QED) is 0.935. The zero-order chi connectivity index (χ0) is 14.5. The molecule has 2 rings (SSSR count). The lowest BCUT2D eigenvalue weighted by Gasteiger charge is -2.10. The van der Waals surface area contributed by atoms with E-state index in [1.54, 1.807) is 0 Å². The molecule has 0 aliphatic carbocycles. The molecular formula is C16H17NOS2. The molecule has 0 amide bonds. The van der Waals surface area contributed by atoms with Crippen molar-refractivity contribution >= 4 is 28.3 Å². The highest BCUT2D eigenvalue weighted by molar-refractivity contribution is 8.16. The first kappa shape index (κ1) is 14.9.